The molecule has 7 heteroatoms. The second-order valence-electron chi connectivity index (χ2n) is 6.69. The quantitative estimate of drug-likeness (QED) is 0.504. The number of hydrogen-bond donors (Lipinski definition) is 0. The predicted molar refractivity (Wildman–Crippen MR) is 113 cm³/mol. The molecule has 3 aromatic heterocycles. The van der Waals surface area contributed by atoms with E-state index in [1.807, 2.05) is 72.8 Å². The highest BCUT2D eigenvalue weighted by Gasteiger charge is 2.22. The lowest BCUT2D eigenvalue weighted by atomic mass is 10.1. The van der Waals surface area contributed by atoms with Crippen LogP contribution in [0, 0.1) is 0 Å². The molecule has 29 heavy (non-hydrogen) atoms. The molecule has 0 bridgehead atoms. The summed E-state index contributed by atoms with van der Waals surface area (Å²) in [5, 5.41) is 9.65. The molecular formula is C22H24N6O. The average molecular weight is 388 g/mol. The molecule has 4 aromatic rings. The van der Waals surface area contributed by atoms with Crippen LogP contribution >= 0.6 is 0 Å². The minimum atomic E-state index is -0.0150. The summed E-state index contributed by atoms with van der Waals surface area (Å²) in [5.41, 5.74) is 3.76. The molecule has 7 nitrogen and oxygen atoms in total. The van der Waals surface area contributed by atoms with Gasteiger partial charge in [0, 0.05) is 25.8 Å². The fourth-order valence-electron chi connectivity index (χ4n) is 3.55. The molecule has 0 spiro atoms. The smallest absolute Gasteiger partial charge is 0.254 e. The Labute approximate surface area is 169 Å². The Morgan fingerprint density at radius 1 is 1.03 bits per heavy atom. The van der Waals surface area contributed by atoms with Crippen molar-refractivity contribution in [3.8, 4) is 17.1 Å². The van der Waals surface area contributed by atoms with Gasteiger partial charge in [-0.3, -0.25) is 9.48 Å². The molecule has 0 aliphatic carbocycles. The number of carbonyl (C=O) groups is 1. The molecule has 0 unspecified atom stereocenters. The SMILES string of the molecule is CCN(CC)C(=O)c1cc(-c2ccnn2CC)nc2c1cnn2-c1ccccc1. The van der Waals surface area contributed by atoms with Crippen LogP contribution in [0.4, 0.5) is 0 Å². The number of pyridine rings is 1. The van der Waals surface area contributed by atoms with E-state index in [9.17, 15) is 4.79 Å². The number of rotatable bonds is 6. The van der Waals surface area contributed by atoms with Crippen molar-refractivity contribution in [3.63, 3.8) is 0 Å². The van der Waals surface area contributed by atoms with Crippen LogP contribution in [0.5, 0.6) is 0 Å². The summed E-state index contributed by atoms with van der Waals surface area (Å²) in [6, 6.07) is 13.6. The third-order valence-electron chi connectivity index (χ3n) is 5.10. The minimum absolute atomic E-state index is 0.0150. The van der Waals surface area contributed by atoms with Crippen LogP contribution in [0.3, 0.4) is 0 Å². The molecule has 0 saturated carbocycles. The number of fused-ring (bicyclic) bond motifs is 1. The van der Waals surface area contributed by atoms with Crippen LogP contribution in [-0.4, -0.2) is 48.4 Å². The molecule has 1 aromatic carbocycles. The van der Waals surface area contributed by atoms with Crippen LogP contribution in [0.2, 0.25) is 0 Å². The maximum atomic E-state index is 13.3. The monoisotopic (exact) mass is 388 g/mol. The molecule has 148 valence electrons. The molecule has 0 N–H and O–H groups in total. The van der Waals surface area contributed by atoms with E-state index in [1.54, 1.807) is 17.1 Å². The lowest BCUT2D eigenvalue weighted by Gasteiger charge is -2.19. The fourth-order valence-corrected chi connectivity index (χ4v) is 3.55. The van der Waals surface area contributed by atoms with Gasteiger partial charge >= 0.3 is 0 Å². The van der Waals surface area contributed by atoms with Gasteiger partial charge in [-0.05, 0) is 45.0 Å². The summed E-state index contributed by atoms with van der Waals surface area (Å²) in [6.45, 7) is 8.02. The van der Waals surface area contributed by atoms with Crippen LogP contribution in [0.25, 0.3) is 28.1 Å². The van der Waals surface area contributed by atoms with Gasteiger partial charge in [0.05, 0.1) is 34.2 Å². The zero-order valence-electron chi connectivity index (χ0n) is 16.9. The van der Waals surface area contributed by atoms with E-state index in [4.69, 9.17) is 4.98 Å². The van der Waals surface area contributed by atoms with Gasteiger partial charge in [-0.25, -0.2) is 9.67 Å². The summed E-state index contributed by atoms with van der Waals surface area (Å²) in [5.74, 6) is -0.0150. The molecule has 0 aliphatic heterocycles. The van der Waals surface area contributed by atoms with E-state index >= 15 is 0 Å². The normalized spacial score (nSPS) is 11.1. The van der Waals surface area contributed by atoms with E-state index in [-0.39, 0.29) is 5.91 Å². The first kappa shape index (κ1) is 18.9. The molecule has 0 saturated heterocycles. The predicted octanol–water partition coefficient (Wildman–Crippen LogP) is 3.79. The maximum absolute atomic E-state index is 13.3. The van der Waals surface area contributed by atoms with Gasteiger partial charge in [-0.1, -0.05) is 18.2 Å². The summed E-state index contributed by atoms with van der Waals surface area (Å²) >= 11 is 0. The van der Waals surface area contributed by atoms with Crippen LogP contribution < -0.4 is 0 Å². The Kier molecular flexibility index (Phi) is 5.12. The standard InChI is InChI=1S/C22H24N6O/c1-4-26(5-2)22(29)17-14-19(20-12-13-23-27(20)6-3)25-21-18(17)15-24-28(21)16-10-8-7-9-11-16/h7-15H,4-6H2,1-3H3. The molecule has 0 atom stereocenters. The van der Waals surface area contributed by atoms with Crippen molar-refractivity contribution in [1.29, 1.82) is 0 Å². The number of carbonyl (C=O) groups excluding carboxylic acids is 1. The number of aryl methyl sites for hydroxylation is 1. The van der Waals surface area contributed by atoms with Gasteiger partial charge in [0.1, 0.15) is 0 Å². The van der Waals surface area contributed by atoms with E-state index in [0.717, 1.165) is 23.3 Å². The largest absolute Gasteiger partial charge is 0.339 e. The first-order chi connectivity index (χ1) is 14.2. The molecule has 0 aliphatic rings. The molecular weight excluding hydrogens is 364 g/mol. The van der Waals surface area contributed by atoms with Crippen LogP contribution in [0.1, 0.15) is 31.1 Å². The van der Waals surface area contributed by atoms with Crippen LogP contribution in [0.15, 0.2) is 54.9 Å². The number of aromatic nitrogens is 5. The first-order valence-corrected chi connectivity index (χ1v) is 9.93. The Hall–Kier alpha value is -3.48. The zero-order valence-corrected chi connectivity index (χ0v) is 16.9. The third kappa shape index (κ3) is 3.29. The van der Waals surface area contributed by atoms with Gasteiger partial charge < -0.3 is 4.90 Å². The second kappa shape index (κ2) is 7.87. The van der Waals surface area contributed by atoms with Crippen molar-refractivity contribution in [2.24, 2.45) is 0 Å². The Bertz CT molecular complexity index is 1140. The van der Waals surface area contributed by atoms with Crippen LogP contribution in [-0.2, 0) is 6.54 Å². The lowest BCUT2D eigenvalue weighted by Crippen LogP contribution is -2.30. The number of nitrogens with zero attached hydrogens (tertiary/aromatic N) is 6. The molecule has 4 rings (SSSR count). The second-order valence-corrected chi connectivity index (χ2v) is 6.69. The highest BCUT2D eigenvalue weighted by atomic mass is 16.2. The number of para-hydroxylation sites is 1. The molecule has 3 heterocycles. The molecule has 0 radical (unpaired) electrons. The molecule has 1 amide bonds. The van der Waals surface area contributed by atoms with Crippen molar-refractivity contribution in [2.75, 3.05) is 13.1 Å². The van der Waals surface area contributed by atoms with Gasteiger partial charge in [0.15, 0.2) is 5.65 Å². The van der Waals surface area contributed by atoms with E-state index in [2.05, 4.69) is 10.2 Å². The first-order valence-electron chi connectivity index (χ1n) is 9.93. The third-order valence-corrected chi connectivity index (χ3v) is 5.10. The zero-order chi connectivity index (χ0) is 20.4. The number of amides is 1. The number of benzene rings is 1. The van der Waals surface area contributed by atoms with Crippen molar-refractivity contribution in [2.45, 2.75) is 27.3 Å². The number of hydrogen-bond acceptors (Lipinski definition) is 4. The summed E-state index contributed by atoms with van der Waals surface area (Å²) in [4.78, 5) is 20.0. The van der Waals surface area contributed by atoms with Crippen molar-refractivity contribution in [1.82, 2.24) is 29.4 Å². The Morgan fingerprint density at radius 3 is 2.48 bits per heavy atom. The van der Waals surface area contributed by atoms with Gasteiger partial charge in [0.25, 0.3) is 5.91 Å². The Morgan fingerprint density at radius 2 is 1.79 bits per heavy atom. The lowest BCUT2D eigenvalue weighted by molar-refractivity contribution is 0.0775. The van der Waals surface area contributed by atoms with Crippen molar-refractivity contribution in [3.05, 3.63) is 60.4 Å². The summed E-state index contributed by atoms with van der Waals surface area (Å²) in [7, 11) is 0. The minimum Gasteiger partial charge on any atom is -0.339 e. The fraction of sp³-hybridized carbons (Fsp3) is 0.273. The average Bonchev–Trinajstić information content (AvgIpc) is 3.41. The van der Waals surface area contributed by atoms with Gasteiger partial charge in [-0.2, -0.15) is 10.2 Å². The highest BCUT2D eigenvalue weighted by Crippen LogP contribution is 2.27. The molecule has 0 fully saturated rings. The van der Waals surface area contributed by atoms with Gasteiger partial charge in [-0.15, -0.1) is 0 Å². The van der Waals surface area contributed by atoms with E-state index in [0.29, 0.717) is 30.0 Å². The van der Waals surface area contributed by atoms with E-state index < -0.39 is 0 Å². The summed E-state index contributed by atoms with van der Waals surface area (Å²) < 4.78 is 3.66. The topological polar surface area (TPSA) is 68.8 Å². The highest BCUT2D eigenvalue weighted by molar-refractivity contribution is 6.06. The summed E-state index contributed by atoms with van der Waals surface area (Å²) in [6.07, 6.45) is 3.48. The van der Waals surface area contributed by atoms with Crippen molar-refractivity contribution >= 4 is 16.9 Å². The maximum Gasteiger partial charge on any atom is 0.254 e. The van der Waals surface area contributed by atoms with Crippen molar-refractivity contribution < 1.29 is 4.79 Å². The van der Waals surface area contributed by atoms with E-state index in [1.165, 1.54) is 0 Å². The Balaban J connectivity index is 1.98. The van der Waals surface area contributed by atoms with Gasteiger partial charge in [0.2, 0.25) is 0 Å².